The summed E-state index contributed by atoms with van der Waals surface area (Å²) in [7, 11) is 3.24. The van der Waals surface area contributed by atoms with Crippen molar-refractivity contribution in [1.82, 2.24) is 5.32 Å². The van der Waals surface area contributed by atoms with Gasteiger partial charge in [-0.1, -0.05) is 25.7 Å². The SMILES string of the molecule is COc1cc(OC)cc(OCCCN=C(N)NC2CCCCCC2)c1. The quantitative estimate of drug-likeness (QED) is 0.326. The van der Waals surface area contributed by atoms with Crippen molar-refractivity contribution in [2.45, 2.75) is 51.0 Å². The number of benzene rings is 1. The van der Waals surface area contributed by atoms with Gasteiger partial charge in [-0.2, -0.15) is 0 Å². The zero-order chi connectivity index (χ0) is 17.9. The fourth-order valence-corrected chi connectivity index (χ4v) is 3.00. The van der Waals surface area contributed by atoms with Crippen molar-refractivity contribution in [3.8, 4) is 17.2 Å². The van der Waals surface area contributed by atoms with Gasteiger partial charge in [-0.05, 0) is 12.8 Å². The van der Waals surface area contributed by atoms with E-state index < -0.39 is 0 Å². The van der Waals surface area contributed by atoms with Crippen LogP contribution in [-0.4, -0.2) is 39.4 Å². The molecule has 1 fully saturated rings. The molecule has 6 heteroatoms. The van der Waals surface area contributed by atoms with Crippen LogP contribution in [0.15, 0.2) is 23.2 Å². The Morgan fingerprint density at radius 2 is 1.64 bits per heavy atom. The first-order valence-electron chi connectivity index (χ1n) is 9.13. The average Bonchev–Trinajstić information content (AvgIpc) is 2.89. The highest BCUT2D eigenvalue weighted by atomic mass is 16.5. The third-order valence-corrected chi connectivity index (χ3v) is 4.39. The summed E-state index contributed by atoms with van der Waals surface area (Å²) in [6.07, 6.45) is 8.41. The molecule has 6 nitrogen and oxygen atoms in total. The van der Waals surface area contributed by atoms with E-state index in [-0.39, 0.29) is 0 Å². The maximum Gasteiger partial charge on any atom is 0.188 e. The van der Waals surface area contributed by atoms with Crippen LogP contribution in [0, 0.1) is 0 Å². The molecule has 1 aliphatic carbocycles. The second-order valence-electron chi connectivity index (χ2n) is 6.35. The summed E-state index contributed by atoms with van der Waals surface area (Å²) >= 11 is 0. The Morgan fingerprint density at radius 1 is 1.04 bits per heavy atom. The molecule has 3 N–H and O–H groups in total. The number of nitrogens with zero attached hydrogens (tertiary/aromatic N) is 1. The largest absolute Gasteiger partial charge is 0.496 e. The number of ether oxygens (including phenoxy) is 3. The molecule has 1 aromatic carbocycles. The van der Waals surface area contributed by atoms with Crippen LogP contribution < -0.4 is 25.3 Å². The molecule has 1 aliphatic rings. The number of aliphatic imine (C=N–C) groups is 1. The summed E-state index contributed by atoms with van der Waals surface area (Å²) in [6.45, 7) is 1.21. The molecular formula is C19H31N3O3. The molecule has 0 aromatic heterocycles. The van der Waals surface area contributed by atoms with Crippen LogP contribution in [0.4, 0.5) is 0 Å². The van der Waals surface area contributed by atoms with E-state index in [1.54, 1.807) is 14.2 Å². The molecule has 1 saturated carbocycles. The Labute approximate surface area is 150 Å². The van der Waals surface area contributed by atoms with Gasteiger partial charge >= 0.3 is 0 Å². The maximum absolute atomic E-state index is 5.99. The molecule has 25 heavy (non-hydrogen) atoms. The molecule has 0 bridgehead atoms. The van der Waals surface area contributed by atoms with Crippen LogP contribution in [-0.2, 0) is 0 Å². The highest BCUT2D eigenvalue weighted by Gasteiger charge is 2.12. The lowest BCUT2D eigenvalue weighted by Crippen LogP contribution is -2.39. The molecule has 0 unspecified atom stereocenters. The van der Waals surface area contributed by atoms with Crippen molar-refractivity contribution in [3.05, 3.63) is 18.2 Å². The van der Waals surface area contributed by atoms with E-state index in [0.717, 1.165) is 12.2 Å². The predicted molar refractivity (Wildman–Crippen MR) is 101 cm³/mol. The highest BCUT2D eigenvalue weighted by molar-refractivity contribution is 5.78. The van der Waals surface area contributed by atoms with Gasteiger partial charge in [-0.25, -0.2) is 0 Å². The van der Waals surface area contributed by atoms with Gasteiger partial charge in [-0.15, -0.1) is 0 Å². The van der Waals surface area contributed by atoms with Crippen LogP contribution in [0.25, 0.3) is 0 Å². The topological polar surface area (TPSA) is 78.1 Å². The number of rotatable bonds is 8. The average molecular weight is 349 g/mol. The monoisotopic (exact) mass is 349 g/mol. The molecule has 0 heterocycles. The van der Waals surface area contributed by atoms with Crippen molar-refractivity contribution >= 4 is 5.96 Å². The number of guanidine groups is 1. The molecule has 2 rings (SSSR count). The summed E-state index contributed by atoms with van der Waals surface area (Å²) < 4.78 is 16.2. The van der Waals surface area contributed by atoms with Gasteiger partial charge in [0, 0.05) is 37.2 Å². The first-order valence-corrected chi connectivity index (χ1v) is 9.13. The fraction of sp³-hybridized carbons (Fsp3) is 0.632. The van der Waals surface area contributed by atoms with Gasteiger partial charge in [0.2, 0.25) is 0 Å². The highest BCUT2D eigenvalue weighted by Crippen LogP contribution is 2.27. The normalized spacial score (nSPS) is 16.2. The summed E-state index contributed by atoms with van der Waals surface area (Å²) in [5.41, 5.74) is 5.99. The molecule has 0 radical (unpaired) electrons. The van der Waals surface area contributed by atoms with Crippen LogP contribution in [0.5, 0.6) is 17.2 Å². The number of hydrogen-bond acceptors (Lipinski definition) is 4. The smallest absolute Gasteiger partial charge is 0.188 e. The summed E-state index contributed by atoms with van der Waals surface area (Å²) in [6, 6.07) is 5.98. The number of nitrogens with one attached hydrogen (secondary N) is 1. The van der Waals surface area contributed by atoms with E-state index in [1.165, 1.54) is 38.5 Å². The minimum atomic E-state index is 0.478. The first kappa shape index (κ1) is 19.2. The molecule has 0 amide bonds. The molecule has 1 aromatic rings. The molecule has 0 spiro atoms. The minimum absolute atomic E-state index is 0.478. The number of methoxy groups -OCH3 is 2. The van der Waals surface area contributed by atoms with Crippen molar-refractivity contribution in [2.24, 2.45) is 10.7 Å². The fourth-order valence-electron chi connectivity index (χ4n) is 3.00. The molecule has 0 aliphatic heterocycles. The molecule has 140 valence electrons. The third-order valence-electron chi connectivity index (χ3n) is 4.39. The van der Waals surface area contributed by atoms with Gasteiger partial charge in [0.15, 0.2) is 5.96 Å². The van der Waals surface area contributed by atoms with E-state index in [4.69, 9.17) is 19.9 Å². The van der Waals surface area contributed by atoms with Gasteiger partial charge in [-0.3, -0.25) is 4.99 Å². The first-order chi connectivity index (χ1) is 12.2. The lowest BCUT2D eigenvalue weighted by Gasteiger charge is -2.16. The van der Waals surface area contributed by atoms with Crippen molar-refractivity contribution in [1.29, 1.82) is 0 Å². The molecule has 0 atom stereocenters. The van der Waals surface area contributed by atoms with Crippen molar-refractivity contribution < 1.29 is 14.2 Å². The van der Waals surface area contributed by atoms with E-state index in [1.807, 2.05) is 18.2 Å². The molecular weight excluding hydrogens is 318 g/mol. The van der Waals surface area contributed by atoms with Crippen LogP contribution in [0.2, 0.25) is 0 Å². The van der Waals surface area contributed by atoms with Crippen LogP contribution >= 0.6 is 0 Å². The Kier molecular flexibility index (Phi) is 8.22. The van der Waals surface area contributed by atoms with E-state index >= 15 is 0 Å². The summed E-state index contributed by atoms with van der Waals surface area (Å²) in [4.78, 5) is 4.40. The second kappa shape index (κ2) is 10.7. The van der Waals surface area contributed by atoms with Crippen LogP contribution in [0.1, 0.15) is 44.9 Å². The van der Waals surface area contributed by atoms with Crippen LogP contribution in [0.3, 0.4) is 0 Å². The summed E-state index contributed by atoms with van der Waals surface area (Å²) in [5.74, 6) is 2.70. The van der Waals surface area contributed by atoms with Gasteiger partial charge < -0.3 is 25.3 Å². The maximum atomic E-state index is 5.99. The predicted octanol–water partition coefficient (Wildman–Crippen LogP) is 3.10. The van der Waals surface area contributed by atoms with Gasteiger partial charge in [0.25, 0.3) is 0 Å². The van der Waals surface area contributed by atoms with Gasteiger partial charge in [0.05, 0.1) is 20.8 Å². The lowest BCUT2D eigenvalue weighted by molar-refractivity contribution is 0.307. The minimum Gasteiger partial charge on any atom is -0.496 e. The zero-order valence-electron chi connectivity index (χ0n) is 15.4. The van der Waals surface area contributed by atoms with Crippen molar-refractivity contribution in [3.63, 3.8) is 0 Å². The van der Waals surface area contributed by atoms with E-state index in [9.17, 15) is 0 Å². The van der Waals surface area contributed by atoms with Crippen molar-refractivity contribution in [2.75, 3.05) is 27.4 Å². The Bertz CT molecular complexity index is 518. The molecule has 0 saturated heterocycles. The Hall–Kier alpha value is -2.11. The summed E-state index contributed by atoms with van der Waals surface area (Å²) in [5, 5.41) is 3.35. The second-order valence-corrected chi connectivity index (χ2v) is 6.35. The third kappa shape index (κ3) is 7.11. The van der Waals surface area contributed by atoms with E-state index in [0.29, 0.717) is 36.7 Å². The lowest BCUT2D eigenvalue weighted by atomic mass is 10.1. The zero-order valence-corrected chi connectivity index (χ0v) is 15.4. The Balaban J connectivity index is 1.69. The van der Waals surface area contributed by atoms with Gasteiger partial charge in [0.1, 0.15) is 17.2 Å². The number of nitrogens with two attached hydrogens (primary N) is 1. The standard InChI is InChI=1S/C19H31N3O3/c1-23-16-12-17(24-2)14-18(13-16)25-11-7-10-21-19(20)22-15-8-5-3-4-6-9-15/h12-15H,3-11H2,1-2H3,(H3,20,21,22). The Morgan fingerprint density at radius 3 is 2.24 bits per heavy atom. The van der Waals surface area contributed by atoms with E-state index in [2.05, 4.69) is 10.3 Å². The number of hydrogen-bond donors (Lipinski definition) is 2.